The first-order valence-electron chi connectivity index (χ1n) is 3.34. The van der Waals surface area contributed by atoms with Crippen LogP contribution in [0, 0.1) is 0 Å². The van der Waals surface area contributed by atoms with Crippen molar-refractivity contribution in [3.63, 3.8) is 0 Å². The monoisotopic (exact) mass is 130 g/mol. The van der Waals surface area contributed by atoms with E-state index in [0.29, 0.717) is 0 Å². The van der Waals surface area contributed by atoms with Crippen molar-refractivity contribution < 1.29 is 9.53 Å². The number of ether oxygens (including phenoxy) is 1. The number of rotatable bonds is 5. The summed E-state index contributed by atoms with van der Waals surface area (Å²) in [4.78, 5) is 10.3. The third-order valence-corrected chi connectivity index (χ3v) is 0.948. The molecule has 2 heteroatoms. The minimum atomic E-state index is 0.103. The summed E-state index contributed by atoms with van der Waals surface area (Å²) in [5, 5.41) is 0. The predicted octanol–water partition coefficient (Wildman–Crippen LogP) is 1.39. The van der Waals surface area contributed by atoms with E-state index in [0.717, 1.165) is 19.4 Å². The lowest BCUT2D eigenvalue weighted by molar-refractivity contribution is -0.121. The van der Waals surface area contributed by atoms with Crippen molar-refractivity contribution in [1.82, 2.24) is 0 Å². The van der Waals surface area contributed by atoms with Gasteiger partial charge in [0.2, 0.25) is 0 Å². The van der Waals surface area contributed by atoms with E-state index in [-0.39, 0.29) is 12.4 Å². The summed E-state index contributed by atoms with van der Waals surface area (Å²) in [5.41, 5.74) is 0. The number of carbonyl (C=O) groups is 1. The number of ketones is 1. The zero-order chi connectivity index (χ0) is 7.11. The van der Waals surface area contributed by atoms with Gasteiger partial charge in [0.15, 0.2) is 5.78 Å². The predicted molar refractivity (Wildman–Crippen MR) is 36.4 cm³/mol. The van der Waals surface area contributed by atoms with Gasteiger partial charge in [0.25, 0.3) is 0 Å². The summed E-state index contributed by atoms with van der Waals surface area (Å²) < 4.78 is 4.99. The molecule has 0 atom stereocenters. The van der Waals surface area contributed by atoms with E-state index in [1.807, 2.05) is 0 Å². The summed E-state index contributed by atoms with van der Waals surface area (Å²) in [6.07, 6.45) is 2.17. The molecule has 0 radical (unpaired) electrons. The number of hydrogen-bond donors (Lipinski definition) is 0. The molecule has 0 aromatic heterocycles. The van der Waals surface area contributed by atoms with E-state index >= 15 is 0 Å². The molecule has 0 aliphatic rings. The first-order chi connectivity index (χ1) is 4.27. The van der Waals surface area contributed by atoms with Crippen molar-refractivity contribution in [2.75, 3.05) is 13.2 Å². The van der Waals surface area contributed by atoms with Crippen molar-refractivity contribution in [3.05, 3.63) is 0 Å². The van der Waals surface area contributed by atoms with Crippen LogP contribution in [0.1, 0.15) is 26.7 Å². The van der Waals surface area contributed by atoms with Crippen LogP contribution in [-0.2, 0) is 9.53 Å². The van der Waals surface area contributed by atoms with Crippen LogP contribution < -0.4 is 0 Å². The molecule has 54 valence electrons. The molecule has 0 fully saturated rings. The maximum atomic E-state index is 10.3. The molecule has 0 saturated heterocycles. The molecule has 0 aliphatic heterocycles. The minimum absolute atomic E-state index is 0.103. The van der Waals surface area contributed by atoms with Crippen LogP contribution in [-0.4, -0.2) is 19.0 Å². The van der Waals surface area contributed by atoms with Gasteiger partial charge < -0.3 is 4.74 Å². The second-order valence-electron chi connectivity index (χ2n) is 2.11. The largest absolute Gasteiger partial charge is 0.374 e. The highest BCUT2D eigenvalue weighted by atomic mass is 16.5. The topological polar surface area (TPSA) is 26.3 Å². The van der Waals surface area contributed by atoms with E-state index in [4.69, 9.17) is 4.74 Å². The lowest BCUT2D eigenvalue weighted by atomic mass is 10.4. The smallest absolute Gasteiger partial charge is 0.155 e. The highest BCUT2D eigenvalue weighted by Crippen LogP contribution is 1.86. The Hall–Kier alpha value is -0.370. The molecule has 0 N–H and O–H groups in total. The molecule has 0 bridgehead atoms. The molecule has 2 nitrogen and oxygen atoms in total. The molecule has 0 amide bonds. The standard InChI is InChI=1S/C7H14O2/c1-3-4-5-9-6-7(2)8/h3-6H2,1-2H3. The van der Waals surface area contributed by atoms with Gasteiger partial charge in [-0.25, -0.2) is 0 Å². The third kappa shape index (κ3) is 7.63. The number of hydrogen-bond acceptors (Lipinski definition) is 2. The van der Waals surface area contributed by atoms with E-state index in [2.05, 4.69) is 6.92 Å². The molecule has 0 rings (SSSR count). The fourth-order valence-electron chi connectivity index (χ4n) is 0.462. The van der Waals surface area contributed by atoms with Crippen LogP contribution in [0.4, 0.5) is 0 Å². The SMILES string of the molecule is CCCCOCC(C)=O. The van der Waals surface area contributed by atoms with Crippen LogP contribution >= 0.6 is 0 Å². The number of unbranched alkanes of at least 4 members (excludes halogenated alkanes) is 1. The second-order valence-corrected chi connectivity index (χ2v) is 2.11. The fourth-order valence-corrected chi connectivity index (χ4v) is 0.462. The van der Waals surface area contributed by atoms with Gasteiger partial charge in [0, 0.05) is 6.61 Å². The van der Waals surface area contributed by atoms with E-state index in [1.165, 1.54) is 6.92 Å². The number of carbonyl (C=O) groups excluding carboxylic acids is 1. The summed E-state index contributed by atoms with van der Waals surface area (Å²) in [5.74, 6) is 0.103. The van der Waals surface area contributed by atoms with Crippen LogP contribution in [0.3, 0.4) is 0 Å². The van der Waals surface area contributed by atoms with Gasteiger partial charge in [-0.2, -0.15) is 0 Å². The Morgan fingerprint density at radius 1 is 1.56 bits per heavy atom. The molecule has 0 aromatic rings. The molecular formula is C7H14O2. The van der Waals surface area contributed by atoms with Crippen LogP contribution in [0.25, 0.3) is 0 Å². The van der Waals surface area contributed by atoms with Gasteiger partial charge in [0.05, 0.1) is 0 Å². The normalized spacial score (nSPS) is 9.56. The van der Waals surface area contributed by atoms with Crippen molar-refractivity contribution in [3.8, 4) is 0 Å². The summed E-state index contributed by atoms with van der Waals surface area (Å²) >= 11 is 0. The van der Waals surface area contributed by atoms with Gasteiger partial charge in [0.1, 0.15) is 6.61 Å². The molecular weight excluding hydrogens is 116 g/mol. The summed E-state index contributed by atoms with van der Waals surface area (Å²) in [6, 6.07) is 0. The van der Waals surface area contributed by atoms with E-state index < -0.39 is 0 Å². The Morgan fingerprint density at radius 3 is 2.67 bits per heavy atom. The first kappa shape index (κ1) is 8.63. The Balaban J connectivity index is 2.83. The van der Waals surface area contributed by atoms with Crippen LogP contribution in [0.5, 0.6) is 0 Å². The Labute approximate surface area is 56.2 Å². The van der Waals surface area contributed by atoms with E-state index in [9.17, 15) is 4.79 Å². The Bertz CT molecular complexity index is 79.0. The average Bonchev–Trinajstić information content (AvgIpc) is 1.80. The Morgan fingerprint density at radius 2 is 2.22 bits per heavy atom. The Kier molecular flexibility index (Phi) is 5.52. The van der Waals surface area contributed by atoms with Gasteiger partial charge in [-0.1, -0.05) is 13.3 Å². The molecule has 0 heterocycles. The van der Waals surface area contributed by atoms with Crippen LogP contribution in [0.15, 0.2) is 0 Å². The maximum Gasteiger partial charge on any atom is 0.155 e. The third-order valence-electron chi connectivity index (χ3n) is 0.948. The maximum absolute atomic E-state index is 10.3. The molecule has 9 heavy (non-hydrogen) atoms. The zero-order valence-corrected chi connectivity index (χ0v) is 6.14. The lowest BCUT2D eigenvalue weighted by Gasteiger charge is -1.97. The average molecular weight is 130 g/mol. The molecule has 0 aromatic carbocycles. The summed E-state index contributed by atoms with van der Waals surface area (Å²) in [7, 11) is 0. The van der Waals surface area contributed by atoms with Crippen molar-refractivity contribution in [2.45, 2.75) is 26.7 Å². The van der Waals surface area contributed by atoms with Crippen LogP contribution in [0.2, 0.25) is 0 Å². The summed E-state index contributed by atoms with van der Waals surface area (Å²) in [6.45, 7) is 4.62. The molecule has 0 saturated carbocycles. The van der Waals surface area contributed by atoms with Gasteiger partial charge in [-0.05, 0) is 13.3 Å². The highest BCUT2D eigenvalue weighted by molar-refractivity contribution is 5.76. The van der Waals surface area contributed by atoms with Crippen molar-refractivity contribution in [2.24, 2.45) is 0 Å². The molecule has 0 aliphatic carbocycles. The highest BCUT2D eigenvalue weighted by Gasteiger charge is 1.90. The van der Waals surface area contributed by atoms with Gasteiger partial charge in [-0.15, -0.1) is 0 Å². The lowest BCUT2D eigenvalue weighted by Crippen LogP contribution is -2.04. The quantitative estimate of drug-likeness (QED) is 0.526. The van der Waals surface area contributed by atoms with E-state index in [1.54, 1.807) is 0 Å². The number of Topliss-reactive ketones (excluding diaryl/α,β-unsaturated/α-hetero) is 1. The zero-order valence-electron chi connectivity index (χ0n) is 6.14. The van der Waals surface area contributed by atoms with Gasteiger partial charge in [-0.3, -0.25) is 4.79 Å². The molecule has 0 spiro atoms. The van der Waals surface area contributed by atoms with Crippen molar-refractivity contribution >= 4 is 5.78 Å². The second kappa shape index (κ2) is 5.76. The fraction of sp³-hybridized carbons (Fsp3) is 0.857. The first-order valence-corrected chi connectivity index (χ1v) is 3.34. The van der Waals surface area contributed by atoms with Gasteiger partial charge >= 0.3 is 0 Å². The minimum Gasteiger partial charge on any atom is -0.374 e. The van der Waals surface area contributed by atoms with Crippen molar-refractivity contribution in [1.29, 1.82) is 0 Å². The molecule has 0 unspecified atom stereocenters.